The second kappa shape index (κ2) is 13.9. The molecule has 7 rings (SSSR count). The summed E-state index contributed by atoms with van der Waals surface area (Å²) in [5.41, 5.74) is 0.200. The molecular weight excluding hydrogens is 676 g/mol. The number of piperidine rings is 1. The molecule has 4 fully saturated rings. The van der Waals surface area contributed by atoms with Crippen molar-refractivity contribution < 1.29 is 27.5 Å². The van der Waals surface area contributed by atoms with Gasteiger partial charge in [-0.2, -0.15) is 4.31 Å². The van der Waals surface area contributed by atoms with Crippen LogP contribution in [0.2, 0.25) is 5.02 Å². The molecule has 3 aromatic carbocycles. The van der Waals surface area contributed by atoms with Crippen LogP contribution in [-0.4, -0.2) is 78.1 Å². The van der Waals surface area contributed by atoms with Crippen molar-refractivity contribution in [3.63, 3.8) is 0 Å². The Balaban J connectivity index is 1.12. The number of alkyl carbamates (subject to hydrolysis) is 1. The topological polar surface area (TPSA) is 117 Å². The number of anilines is 1. The first-order chi connectivity index (χ1) is 23.8. The maximum atomic E-state index is 14.5. The minimum absolute atomic E-state index is 0.0877. The summed E-state index contributed by atoms with van der Waals surface area (Å²) in [5.74, 6) is 0.618. The number of hydrogen-bond donors (Lipinski definition) is 2. The van der Waals surface area contributed by atoms with Gasteiger partial charge in [-0.1, -0.05) is 23.7 Å². The van der Waals surface area contributed by atoms with Crippen molar-refractivity contribution in [2.45, 2.75) is 125 Å². The lowest BCUT2D eigenvalue weighted by atomic mass is 9.96. The number of hydrogen-bond acceptors (Lipinski definition) is 7. The van der Waals surface area contributed by atoms with E-state index >= 15 is 0 Å². The van der Waals surface area contributed by atoms with Gasteiger partial charge in [0, 0.05) is 41.4 Å². The first kappa shape index (κ1) is 34.9. The van der Waals surface area contributed by atoms with E-state index in [4.69, 9.17) is 21.1 Å². The summed E-state index contributed by atoms with van der Waals surface area (Å²) >= 11 is 6.11. The molecule has 3 aromatic rings. The van der Waals surface area contributed by atoms with E-state index in [1.165, 1.54) is 17.1 Å². The van der Waals surface area contributed by atoms with Gasteiger partial charge in [0.2, 0.25) is 15.9 Å². The fourth-order valence-corrected chi connectivity index (χ4v) is 10.1. The lowest BCUT2D eigenvalue weighted by molar-refractivity contribution is -0.139. The van der Waals surface area contributed by atoms with Gasteiger partial charge in [0.1, 0.15) is 17.4 Å². The average molecular weight is 723 g/mol. The van der Waals surface area contributed by atoms with Crippen molar-refractivity contribution in [2.24, 2.45) is 0 Å². The molecule has 2 amide bonds. The SMILES string of the molecule is CC(C)(C)OC(=O)NC1CC2CCC(C1)N2C(=O)[C@@H]1CC(Nc2ccc(Cl)cc2)CN1S(=O)(=O)c1ccc2cc(OC3CCCC3)ccc2c1. The monoisotopic (exact) mass is 722 g/mol. The number of rotatable bonds is 8. The minimum Gasteiger partial charge on any atom is -0.490 e. The number of nitrogens with one attached hydrogen (secondary N) is 2. The molecule has 1 aliphatic carbocycles. The second-order valence-corrected chi connectivity index (χ2v) is 17.6. The molecule has 12 heteroatoms. The molecular formula is C38H47ClN4O6S. The van der Waals surface area contributed by atoms with Crippen LogP contribution in [0.3, 0.4) is 0 Å². The molecule has 0 spiro atoms. The quantitative estimate of drug-likeness (QED) is 0.255. The summed E-state index contributed by atoms with van der Waals surface area (Å²) in [7, 11) is -4.06. The first-order valence-electron chi connectivity index (χ1n) is 17.9. The van der Waals surface area contributed by atoms with E-state index in [-0.39, 0.29) is 47.6 Å². The van der Waals surface area contributed by atoms with Crippen molar-refractivity contribution in [3.05, 3.63) is 65.7 Å². The highest BCUT2D eigenvalue weighted by atomic mass is 35.5. The maximum Gasteiger partial charge on any atom is 0.407 e. The number of benzene rings is 3. The van der Waals surface area contributed by atoms with Crippen LogP contribution in [0.5, 0.6) is 5.75 Å². The van der Waals surface area contributed by atoms with E-state index in [0.29, 0.717) is 24.3 Å². The Kier molecular flexibility index (Phi) is 9.69. The number of nitrogens with zero attached hydrogens (tertiary/aromatic N) is 2. The molecule has 3 heterocycles. The number of carbonyl (C=O) groups excluding carboxylic acids is 2. The van der Waals surface area contributed by atoms with Crippen LogP contribution in [0.15, 0.2) is 65.6 Å². The number of fused-ring (bicyclic) bond motifs is 3. The molecule has 10 nitrogen and oxygen atoms in total. The van der Waals surface area contributed by atoms with E-state index in [1.807, 2.05) is 62.1 Å². The molecule has 1 saturated carbocycles. The lowest BCUT2D eigenvalue weighted by Crippen LogP contribution is -2.57. The van der Waals surface area contributed by atoms with Crippen LogP contribution < -0.4 is 15.4 Å². The van der Waals surface area contributed by atoms with Gasteiger partial charge in [-0.05, 0) is 138 Å². The van der Waals surface area contributed by atoms with E-state index in [1.54, 1.807) is 24.3 Å². The van der Waals surface area contributed by atoms with Crippen LogP contribution in [0, 0.1) is 0 Å². The summed E-state index contributed by atoms with van der Waals surface area (Å²) < 4.78 is 42.1. The van der Waals surface area contributed by atoms with Crippen LogP contribution in [0.4, 0.5) is 10.5 Å². The number of sulfonamides is 1. The zero-order valence-electron chi connectivity index (χ0n) is 28.9. The Hall–Kier alpha value is -3.54. The molecule has 4 aliphatic rings. The van der Waals surface area contributed by atoms with Gasteiger partial charge < -0.3 is 25.0 Å². The smallest absolute Gasteiger partial charge is 0.407 e. The van der Waals surface area contributed by atoms with E-state index < -0.39 is 27.8 Å². The molecule has 0 radical (unpaired) electrons. The highest BCUT2D eigenvalue weighted by molar-refractivity contribution is 7.89. The zero-order chi connectivity index (χ0) is 35.2. The van der Waals surface area contributed by atoms with Gasteiger partial charge in [-0.15, -0.1) is 0 Å². The normalized spacial score (nSPS) is 25.9. The van der Waals surface area contributed by atoms with Crippen LogP contribution in [0.1, 0.15) is 78.6 Å². The molecule has 2 bridgehead atoms. The largest absolute Gasteiger partial charge is 0.490 e. The van der Waals surface area contributed by atoms with Crippen molar-refractivity contribution >= 4 is 50.1 Å². The highest BCUT2D eigenvalue weighted by Crippen LogP contribution is 2.39. The van der Waals surface area contributed by atoms with E-state index in [0.717, 1.165) is 47.9 Å². The molecule has 4 atom stereocenters. The molecule has 50 heavy (non-hydrogen) atoms. The number of halogens is 1. The van der Waals surface area contributed by atoms with Crippen molar-refractivity contribution in [1.82, 2.24) is 14.5 Å². The zero-order valence-corrected chi connectivity index (χ0v) is 30.5. The van der Waals surface area contributed by atoms with Gasteiger partial charge in [-0.3, -0.25) is 4.79 Å². The number of carbonyl (C=O) groups is 2. The second-order valence-electron chi connectivity index (χ2n) is 15.3. The fraction of sp³-hybridized carbons (Fsp3) is 0.526. The third-order valence-electron chi connectivity index (χ3n) is 10.5. The summed E-state index contributed by atoms with van der Waals surface area (Å²) in [6.07, 6.45) is 7.40. The van der Waals surface area contributed by atoms with Crippen molar-refractivity contribution in [2.75, 3.05) is 11.9 Å². The highest BCUT2D eigenvalue weighted by Gasteiger charge is 2.51. The van der Waals surface area contributed by atoms with Crippen molar-refractivity contribution in [3.8, 4) is 5.75 Å². The average Bonchev–Trinajstić information content (AvgIpc) is 3.79. The van der Waals surface area contributed by atoms with Gasteiger partial charge in [0.15, 0.2) is 0 Å². The Labute approximate surface area is 299 Å². The maximum absolute atomic E-state index is 14.5. The molecule has 268 valence electrons. The molecule has 3 saturated heterocycles. The molecule has 0 aromatic heterocycles. The summed E-state index contributed by atoms with van der Waals surface area (Å²) in [4.78, 5) is 29.2. The number of amides is 2. The van der Waals surface area contributed by atoms with E-state index in [9.17, 15) is 18.0 Å². The summed E-state index contributed by atoms with van der Waals surface area (Å²) in [5, 5.41) is 8.75. The Morgan fingerprint density at radius 2 is 1.50 bits per heavy atom. The van der Waals surface area contributed by atoms with Gasteiger partial charge in [0.25, 0.3) is 0 Å². The summed E-state index contributed by atoms with van der Waals surface area (Å²) in [6, 6.07) is 16.7. The van der Waals surface area contributed by atoms with E-state index in [2.05, 4.69) is 10.6 Å². The lowest BCUT2D eigenvalue weighted by Gasteiger charge is -2.41. The predicted molar refractivity (Wildman–Crippen MR) is 194 cm³/mol. The summed E-state index contributed by atoms with van der Waals surface area (Å²) in [6.45, 7) is 5.62. The minimum atomic E-state index is -4.06. The van der Waals surface area contributed by atoms with Gasteiger partial charge in [0.05, 0.1) is 11.0 Å². The van der Waals surface area contributed by atoms with Crippen molar-refractivity contribution in [1.29, 1.82) is 0 Å². The Morgan fingerprint density at radius 1 is 0.840 bits per heavy atom. The standard InChI is InChI=1S/C38H47ClN4O6S/c1-38(2,3)49-37(45)41-28-20-30-14-15-31(21-28)43(30)36(44)35-22-29(40-27-12-10-26(39)11-13-27)23-42(35)50(46,47)34-17-9-24-18-33(16-8-25(24)19-34)48-32-6-4-5-7-32/h8-13,16-19,28-32,35,40H,4-7,14-15,20-23H2,1-3H3,(H,41,45)/t28?,29?,30?,31?,35-/m0/s1. The fourth-order valence-electron chi connectivity index (χ4n) is 8.25. The Morgan fingerprint density at radius 3 is 2.18 bits per heavy atom. The number of ether oxygens (including phenoxy) is 2. The molecule has 2 N–H and O–H groups in total. The molecule has 3 unspecified atom stereocenters. The van der Waals surface area contributed by atoms with Gasteiger partial charge in [-0.25, -0.2) is 13.2 Å². The first-order valence-corrected chi connectivity index (χ1v) is 19.7. The van der Waals surface area contributed by atoms with Gasteiger partial charge >= 0.3 is 6.09 Å². The predicted octanol–water partition coefficient (Wildman–Crippen LogP) is 7.11. The molecule has 3 aliphatic heterocycles. The van der Waals surface area contributed by atoms with Crippen LogP contribution in [-0.2, 0) is 19.6 Å². The van der Waals surface area contributed by atoms with Crippen LogP contribution in [0.25, 0.3) is 10.8 Å². The Bertz CT molecular complexity index is 1830. The third kappa shape index (κ3) is 7.55. The van der Waals surface area contributed by atoms with Crippen LogP contribution >= 0.6 is 11.6 Å². The third-order valence-corrected chi connectivity index (χ3v) is 12.6.